The summed E-state index contributed by atoms with van der Waals surface area (Å²) in [4.78, 5) is 0.136. The number of aromatic hydroxyl groups is 2. The molecule has 0 atom stereocenters. The highest BCUT2D eigenvalue weighted by molar-refractivity contribution is 7.90. The molecule has 0 saturated carbocycles. The monoisotopic (exact) mass is 331 g/mol. The standard InChI is InChI=1S/C15H13N3O4S/c1-18(16-9-10-5-4-7-12(19)14(10)20)15-11-6-2-3-8-13(11)23(21,22)17-15/h2-9,19-20H,1H3/b16-9+. The molecule has 0 saturated heterocycles. The molecule has 7 nitrogen and oxygen atoms in total. The fraction of sp³-hybridized carbons (Fsp3) is 0.0667. The molecule has 0 spiro atoms. The normalized spacial score (nSPS) is 15.4. The summed E-state index contributed by atoms with van der Waals surface area (Å²) in [7, 11) is -2.17. The summed E-state index contributed by atoms with van der Waals surface area (Å²) in [6.07, 6.45) is 1.31. The largest absolute Gasteiger partial charge is 0.504 e. The molecule has 0 unspecified atom stereocenters. The Bertz CT molecular complexity index is 935. The number of phenols is 2. The molecule has 8 heteroatoms. The van der Waals surface area contributed by atoms with Gasteiger partial charge in [0.15, 0.2) is 17.3 Å². The Kier molecular flexibility index (Phi) is 3.53. The predicted octanol–water partition coefficient (Wildman–Crippen LogP) is 1.51. The summed E-state index contributed by atoms with van der Waals surface area (Å²) in [6.45, 7) is 0. The molecule has 0 aromatic heterocycles. The van der Waals surface area contributed by atoms with Crippen LogP contribution in [0.4, 0.5) is 0 Å². The van der Waals surface area contributed by atoms with Gasteiger partial charge < -0.3 is 10.2 Å². The van der Waals surface area contributed by atoms with Crippen LogP contribution in [0.5, 0.6) is 11.5 Å². The molecular weight excluding hydrogens is 318 g/mol. The van der Waals surface area contributed by atoms with Crippen LogP contribution in [0, 0.1) is 0 Å². The van der Waals surface area contributed by atoms with Crippen molar-refractivity contribution in [2.75, 3.05) is 7.05 Å². The third-order valence-electron chi connectivity index (χ3n) is 3.34. The van der Waals surface area contributed by atoms with Crippen LogP contribution in [0.25, 0.3) is 0 Å². The number of sulfonamides is 1. The van der Waals surface area contributed by atoms with Crippen molar-refractivity contribution in [2.24, 2.45) is 9.50 Å². The van der Waals surface area contributed by atoms with Gasteiger partial charge in [0.1, 0.15) is 4.90 Å². The second-order valence-electron chi connectivity index (χ2n) is 4.87. The van der Waals surface area contributed by atoms with Gasteiger partial charge in [-0.1, -0.05) is 18.2 Å². The fourth-order valence-electron chi connectivity index (χ4n) is 2.18. The fourth-order valence-corrected chi connectivity index (χ4v) is 3.41. The molecule has 1 heterocycles. The second-order valence-corrected chi connectivity index (χ2v) is 6.44. The van der Waals surface area contributed by atoms with Crippen molar-refractivity contribution >= 4 is 22.1 Å². The quantitative estimate of drug-likeness (QED) is 0.493. The van der Waals surface area contributed by atoms with Gasteiger partial charge in [-0.25, -0.2) is 5.01 Å². The van der Waals surface area contributed by atoms with Gasteiger partial charge >= 0.3 is 0 Å². The Morgan fingerprint density at radius 3 is 2.65 bits per heavy atom. The Labute approximate surface area is 132 Å². The zero-order chi connectivity index (χ0) is 16.6. The molecule has 3 rings (SSSR count). The lowest BCUT2D eigenvalue weighted by atomic mass is 10.2. The number of para-hydroxylation sites is 1. The lowest BCUT2D eigenvalue weighted by Gasteiger charge is -2.12. The van der Waals surface area contributed by atoms with Crippen LogP contribution in [0.3, 0.4) is 0 Å². The summed E-state index contributed by atoms with van der Waals surface area (Å²) >= 11 is 0. The predicted molar refractivity (Wildman–Crippen MR) is 85.3 cm³/mol. The molecule has 0 fully saturated rings. The second kappa shape index (κ2) is 5.40. The molecule has 2 N–H and O–H groups in total. The minimum Gasteiger partial charge on any atom is -0.504 e. The topological polar surface area (TPSA) is 103 Å². The molecule has 2 aromatic carbocycles. The zero-order valence-electron chi connectivity index (χ0n) is 12.1. The highest BCUT2D eigenvalue weighted by Crippen LogP contribution is 2.28. The first-order chi connectivity index (χ1) is 10.9. The highest BCUT2D eigenvalue weighted by Gasteiger charge is 2.30. The smallest absolute Gasteiger partial charge is 0.285 e. The molecule has 1 aliphatic heterocycles. The van der Waals surface area contributed by atoms with Gasteiger partial charge in [-0.3, -0.25) is 0 Å². The van der Waals surface area contributed by atoms with Crippen molar-refractivity contribution in [3.05, 3.63) is 53.6 Å². The number of hydrogen-bond donors (Lipinski definition) is 2. The van der Waals surface area contributed by atoms with Crippen LogP contribution in [0.15, 0.2) is 56.9 Å². The van der Waals surface area contributed by atoms with Crippen molar-refractivity contribution in [1.29, 1.82) is 0 Å². The van der Waals surface area contributed by atoms with E-state index in [1.165, 1.54) is 23.4 Å². The van der Waals surface area contributed by atoms with Crippen LogP contribution in [-0.2, 0) is 10.0 Å². The molecule has 2 aromatic rings. The van der Waals surface area contributed by atoms with Crippen molar-refractivity contribution in [2.45, 2.75) is 4.90 Å². The third-order valence-corrected chi connectivity index (χ3v) is 4.66. The van der Waals surface area contributed by atoms with E-state index in [9.17, 15) is 18.6 Å². The first-order valence-electron chi connectivity index (χ1n) is 6.63. The van der Waals surface area contributed by atoms with Gasteiger partial charge in [-0.05, 0) is 24.3 Å². The van der Waals surface area contributed by atoms with E-state index in [-0.39, 0.29) is 22.2 Å². The Hall–Kier alpha value is -2.87. The molecule has 1 aliphatic rings. The lowest BCUT2D eigenvalue weighted by molar-refractivity contribution is 0.403. The lowest BCUT2D eigenvalue weighted by Crippen LogP contribution is -2.21. The summed E-state index contributed by atoms with van der Waals surface area (Å²) in [5, 5.41) is 24.6. The van der Waals surface area contributed by atoms with E-state index < -0.39 is 10.0 Å². The van der Waals surface area contributed by atoms with Crippen LogP contribution in [0.1, 0.15) is 11.1 Å². The number of phenolic OH excluding ortho intramolecular Hbond substituents is 2. The van der Waals surface area contributed by atoms with Gasteiger partial charge in [0.2, 0.25) is 0 Å². The van der Waals surface area contributed by atoms with Crippen molar-refractivity contribution in [3.8, 4) is 11.5 Å². The maximum atomic E-state index is 12.0. The SMILES string of the molecule is CN(/N=C/c1cccc(O)c1O)C1=NS(=O)(=O)c2ccccc21. The van der Waals surface area contributed by atoms with Crippen LogP contribution in [-0.4, -0.2) is 42.7 Å². The average molecular weight is 331 g/mol. The zero-order valence-corrected chi connectivity index (χ0v) is 12.9. The van der Waals surface area contributed by atoms with Gasteiger partial charge in [0.25, 0.3) is 10.0 Å². The number of benzene rings is 2. The number of hydrogen-bond acceptors (Lipinski definition) is 6. The minimum absolute atomic E-state index is 0.136. The first kappa shape index (κ1) is 15.0. The van der Waals surface area contributed by atoms with E-state index in [2.05, 4.69) is 9.50 Å². The molecule has 0 aliphatic carbocycles. The Morgan fingerprint density at radius 2 is 1.87 bits per heavy atom. The molecule has 23 heavy (non-hydrogen) atoms. The molecule has 0 bridgehead atoms. The Balaban J connectivity index is 1.95. The summed E-state index contributed by atoms with van der Waals surface area (Å²) in [6, 6.07) is 10.9. The third kappa shape index (κ3) is 2.64. The number of fused-ring (bicyclic) bond motifs is 1. The van der Waals surface area contributed by atoms with E-state index in [0.717, 1.165) is 0 Å². The maximum absolute atomic E-state index is 12.0. The minimum atomic E-state index is -3.71. The van der Waals surface area contributed by atoms with Gasteiger partial charge in [0, 0.05) is 18.2 Å². The van der Waals surface area contributed by atoms with Gasteiger partial charge in [-0.2, -0.15) is 13.5 Å². The molecule has 0 radical (unpaired) electrons. The number of nitrogens with zero attached hydrogens (tertiary/aromatic N) is 3. The van der Waals surface area contributed by atoms with Crippen LogP contribution in [0.2, 0.25) is 0 Å². The summed E-state index contributed by atoms with van der Waals surface area (Å²) in [5.41, 5.74) is 0.763. The number of hydrazone groups is 1. The number of amidine groups is 1. The van der Waals surface area contributed by atoms with E-state index in [1.807, 2.05) is 0 Å². The highest BCUT2D eigenvalue weighted by atomic mass is 32.2. The molecule has 118 valence electrons. The number of rotatable bonds is 2. The van der Waals surface area contributed by atoms with Crippen molar-refractivity contribution < 1.29 is 18.6 Å². The Morgan fingerprint density at radius 1 is 1.13 bits per heavy atom. The first-order valence-corrected chi connectivity index (χ1v) is 8.07. The van der Waals surface area contributed by atoms with Crippen LogP contribution < -0.4 is 0 Å². The van der Waals surface area contributed by atoms with Crippen molar-refractivity contribution in [1.82, 2.24) is 5.01 Å². The van der Waals surface area contributed by atoms with E-state index in [1.54, 1.807) is 37.4 Å². The molecular formula is C15H13N3O4S. The van der Waals surface area contributed by atoms with E-state index in [0.29, 0.717) is 11.1 Å². The van der Waals surface area contributed by atoms with Crippen molar-refractivity contribution in [3.63, 3.8) is 0 Å². The summed E-state index contributed by atoms with van der Waals surface area (Å²) in [5.74, 6) is -0.370. The van der Waals surface area contributed by atoms with Gasteiger partial charge in [-0.15, -0.1) is 4.40 Å². The van der Waals surface area contributed by atoms with Gasteiger partial charge in [0.05, 0.1) is 6.21 Å². The summed E-state index contributed by atoms with van der Waals surface area (Å²) < 4.78 is 27.7. The van der Waals surface area contributed by atoms with Crippen LogP contribution >= 0.6 is 0 Å². The van der Waals surface area contributed by atoms with E-state index >= 15 is 0 Å². The maximum Gasteiger partial charge on any atom is 0.285 e. The van der Waals surface area contributed by atoms with E-state index in [4.69, 9.17) is 0 Å². The molecule has 0 amide bonds. The average Bonchev–Trinajstić information content (AvgIpc) is 2.81.